The van der Waals surface area contributed by atoms with Crippen molar-refractivity contribution in [1.82, 2.24) is 10.6 Å². The summed E-state index contributed by atoms with van der Waals surface area (Å²) >= 11 is 7.48. The molecule has 114 valence electrons. The maximum absolute atomic E-state index is 11.5. The average molecular weight is 319 g/mol. The summed E-state index contributed by atoms with van der Waals surface area (Å²) in [6, 6.07) is 4.24. The highest BCUT2D eigenvalue weighted by Gasteiger charge is 2.17. The Morgan fingerprint density at radius 3 is 2.55 bits per heavy atom. The van der Waals surface area contributed by atoms with Crippen LogP contribution in [0.25, 0.3) is 0 Å². The number of ether oxygens (including phenoxy) is 1. The Kier molecular flexibility index (Phi) is 6.30. The third-order valence-corrected chi connectivity index (χ3v) is 3.92. The fraction of sp³-hybridized carbons (Fsp3) is 0.643. The van der Waals surface area contributed by atoms with Crippen molar-refractivity contribution < 1.29 is 9.53 Å². The van der Waals surface area contributed by atoms with Crippen LogP contribution in [-0.2, 0) is 4.74 Å². The van der Waals surface area contributed by atoms with Crippen LogP contribution in [0.1, 0.15) is 45.5 Å². The van der Waals surface area contributed by atoms with Gasteiger partial charge in [-0.3, -0.25) is 0 Å². The van der Waals surface area contributed by atoms with E-state index in [1.54, 1.807) is 11.3 Å². The second-order valence-corrected chi connectivity index (χ2v) is 7.56. The third-order valence-electron chi connectivity index (χ3n) is 2.51. The van der Waals surface area contributed by atoms with Gasteiger partial charge in [0.2, 0.25) is 0 Å². The first kappa shape index (κ1) is 17.3. The van der Waals surface area contributed by atoms with E-state index in [9.17, 15) is 4.79 Å². The van der Waals surface area contributed by atoms with Crippen LogP contribution in [0.2, 0.25) is 4.34 Å². The molecule has 0 saturated heterocycles. The van der Waals surface area contributed by atoms with Crippen molar-refractivity contribution in [3.8, 4) is 0 Å². The Labute approximate surface area is 129 Å². The van der Waals surface area contributed by atoms with E-state index in [1.807, 2.05) is 39.8 Å². The lowest BCUT2D eigenvalue weighted by Gasteiger charge is -2.22. The van der Waals surface area contributed by atoms with Crippen molar-refractivity contribution in [3.05, 3.63) is 21.3 Å². The summed E-state index contributed by atoms with van der Waals surface area (Å²) in [4.78, 5) is 12.7. The number of hydrogen-bond acceptors (Lipinski definition) is 4. The summed E-state index contributed by atoms with van der Waals surface area (Å²) < 4.78 is 5.97. The number of halogens is 1. The number of hydrogen-bond donors (Lipinski definition) is 2. The zero-order valence-electron chi connectivity index (χ0n) is 12.6. The monoisotopic (exact) mass is 318 g/mol. The summed E-state index contributed by atoms with van der Waals surface area (Å²) in [5, 5.41) is 6.16. The predicted octanol–water partition coefficient (Wildman–Crippen LogP) is 3.97. The molecule has 0 aromatic carbocycles. The molecule has 0 aliphatic heterocycles. The van der Waals surface area contributed by atoms with Crippen molar-refractivity contribution >= 4 is 29.0 Å². The summed E-state index contributed by atoms with van der Waals surface area (Å²) in [7, 11) is 0. The maximum Gasteiger partial charge on any atom is 0.407 e. The molecular weight excluding hydrogens is 296 g/mol. The third kappa shape index (κ3) is 6.59. The van der Waals surface area contributed by atoms with Gasteiger partial charge in [0.1, 0.15) is 5.60 Å². The number of thiophene rings is 1. The zero-order valence-corrected chi connectivity index (χ0v) is 14.2. The molecule has 2 atom stereocenters. The molecule has 6 heteroatoms. The van der Waals surface area contributed by atoms with Crippen molar-refractivity contribution in [2.75, 3.05) is 6.54 Å². The topological polar surface area (TPSA) is 50.4 Å². The van der Waals surface area contributed by atoms with Crippen LogP contribution in [0.4, 0.5) is 4.79 Å². The molecule has 1 aromatic heterocycles. The lowest BCUT2D eigenvalue weighted by molar-refractivity contribution is 0.0522. The van der Waals surface area contributed by atoms with Crippen molar-refractivity contribution in [1.29, 1.82) is 0 Å². The minimum atomic E-state index is -0.470. The lowest BCUT2D eigenvalue weighted by atomic mass is 10.2. The molecule has 0 spiro atoms. The van der Waals surface area contributed by atoms with Gasteiger partial charge in [0.05, 0.1) is 4.34 Å². The van der Waals surface area contributed by atoms with Gasteiger partial charge < -0.3 is 15.4 Å². The van der Waals surface area contributed by atoms with Crippen LogP contribution in [0.3, 0.4) is 0 Å². The SMILES string of the molecule is CC(CNC(=O)OC(C)(C)C)NC(C)c1ccc(Cl)s1. The van der Waals surface area contributed by atoms with E-state index >= 15 is 0 Å². The molecule has 0 aliphatic carbocycles. The first-order valence-electron chi connectivity index (χ1n) is 6.65. The lowest BCUT2D eigenvalue weighted by Crippen LogP contribution is -2.41. The number of alkyl carbamates (subject to hydrolysis) is 1. The number of amides is 1. The molecule has 20 heavy (non-hydrogen) atoms. The van der Waals surface area contributed by atoms with Crippen LogP contribution in [-0.4, -0.2) is 24.3 Å². The van der Waals surface area contributed by atoms with Gasteiger partial charge in [-0.1, -0.05) is 11.6 Å². The molecule has 0 fully saturated rings. The van der Waals surface area contributed by atoms with E-state index in [2.05, 4.69) is 17.6 Å². The Hall–Kier alpha value is -0.780. The van der Waals surface area contributed by atoms with E-state index in [0.29, 0.717) is 6.54 Å². The molecule has 1 amide bonds. The first-order valence-corrected chi connectivity index (χ1v) is 7.85. The normalized spacial score (nSPS) is 14.7. The zero-order chi connectivity index (χ0) is 15.3. The number of nitrogens with one attached hydrogen (secondary N) is 2. The van der Waals surface area contributed by atoms with Gasteiger partial charge in [-0.2, -0.15) is 0 Å². The molecule has 1 heterocycles. The van der Waals surface area contributed by atoms with Gasteiger partial charge in [0, 0.05) is 23.5 Å². The standard InChI is InChI=1S/C14H23ClN2O2S/c1-9(8-16-13(18)19-14(3,4)5)17-10(2)11-6-7-12(15)20-11/h6-7,9-10,17H,8H2,1-5H3,(H,16,18). The van der Waals surface area contributed by atoms with Crippen molar-refractivity contribution in [3.63, 3.8) is 0 Å². The van der Waals surface area contributed by atoms with E-state index in [0.717, 1.165) is 4.34 Å². The Bertz CT molecular complexity index is 443. The molecule has 0 radical (unpaired) electrons. The highest BCUT2D eigenvalue weighted by atomic mass is 35.5. The van der Waals surface area contributed by atoms with E-state index in [4.69, 9.17) is 16.3 Å². The molecule has 0 aliphatic rings. The molecule has 4 nitrogen and oxygen atoms in total. The van der Waals surface area contributed by atoms with Gasteiger partial charge in [0.25, 0.3) is 0 Å². The van der Waals surface area contributed by atoms with Gasteiger partial charge in [0.15, 0.2) is 0 Å². The van der Waals surface area contributed by atoms with Crippen molar-refractivity contribution in [2.24, 2.45) is 0 Å². The molecule has 1 aromatic rings. The molecular formula is C14H23ClN2O2S. The van der Waals surface area contributed by atoms with Crippen LogP contribution < -0.4 is 10.6 Å². The highest BCUT2D eigenvalue weighted by molar-refractivity contribution is 7.16. The number of rotatable bonds is 5. The Morgan fingerprint density at radius 1 is 1.40 bits per heavy atom. The molecule has 2 unspecified atom stereocenters. The van der Waals surface area contributed by atoms with Crippen LogP contribution in [0.15, 0.2) is 12.1 Å². The van der Waals surface area contributed by atoms with Crippen molar-refractivity contribution in [2.45, 2.75) is 52.3 Å². The van der Waals surface area contributed by atoms with Crippen LogP contribution in [0.5, 0.6) is 0 Å². The smallest absolute Gasteiger partial charge is 0.407 e. The molecule has 1 rings (SSSR count). The fourth-order valence-electron chi connectivity index (χ4n) is 1.68. The average Bonchev–Trinajstić information content (AvgIpc) is 2.71. The second kappa shape index (κ2) is 7.29. The molecule has 0 saturated carbocycles. The van der Waals surface area contributed by atoms with Gasteiger partial charge in [-0.15, -0.1) is 11.3 Å². The van der Waals surface area contributed by atoms with Gasteiger partial charge in [-0.25, -0.2) is 4.79 Å². The van der Waals surface area contributed by atoms with E-state index in [-0.39, 0.29) is 12.1 Å². The molecule has 0 bridgehead atoms. The summed E-state index contributed by atoms with van der Waals surface area (Å²) in [5.74, 6) is 0. The largest absolute Gasteiger partial charge is 0.444 e. The number of carbonyl (C=O) groups is 1. The van der Waals surface area contributed by atoms with E-state index in [1.165, 1.54) is 4.88 Å². The van der Waals surface area contributed by atoms with E-state index < -0.39 is 11.7 Å². The maximum atomic E-state index is 11.5. The Balaban J connectivity index is 2.33. The summed E-state index contributed by atoms with van der Waals surface area (Å²) in [6.45, 7) is 10.1. The fourth-order valence-corrected chi connectivity index (χ4v) is 2.75. The first-order chi connectivity index (χ1) is 9.17. The van der Waals surface area contributed by atoms with Gasteiger partial charge in [-0.05, 0) is 46.8 Å². The predicted molar refractivity (Wildman–Crippen MR) is 84.6 cm³/mol. The van der Waals surface area contributed by atoms with Crippen LogP contribution >= 0.6 is 22.9 Å². The minimum Gasteiger partial charge on any atom is -0.444 e. The minimum absolute atomic E-state index is 0.137. The quantitative estimate of drug-likeness (QED) is 0.863. The Morgan fingerprint density at radius 2 is 2.05 bits per heavy atom. The highest BCUT2D eigenvalue weighted by Crippen LogP contribution is 2.26. The summed E-state index contributed by atoms with van der Waals surface area (Å²) in [5.41, 5.74) is -0.470. The van der Waals surface area contributed by atoms with Gasteiger partial charge >= 0.3 is 6.09 Å². The second-order valence-electron chi connectivity index (χ2n) is 5.81. The number of carbonyl (C=O) groups excluding carboxylic acids is 1. The van der Waals surface area contributed by atoms with Crippen LogP contribution in [0, 0.1) is 0 Å². The summed E-state index contributed by atoms with van der Waals surface area (Å²) in [6.07, 6.45) is -0.391. The molecule has 2 N–H and O–H groups in total.